The zero-order valence-corrected chi connectivity index (χ0v) is 21.8. The van der Waals surface area contributed by atoms with Crippen LogP contribution >= 0.6 is 0 Å². The largest absolute Gasteiger partial charge is 0.493 e. The van der Waals surface area contributed by atoms with Crippen LogP contribution in [0.25, 0.3) is 0 Å². The lowest BCUT2D eigenvalue weighted by molar-refractivity contribution is -0.157. The molecule has 1 heterocycles. The van der Waals surface area contributed by atoms with Gasteiger partial charge in [0, 0.05) is 18.7 Å². The smallest absolute Gasteiger partial charge is 0.328 e. The number of halogens is 1. The fourth-order valence-corrected chi connectivity index (χ4v) is 3.87. The van der Waals surface area contributed by atoms with Crippen molar-refractivity contribution in [2.75, 3.05) is 13.7 Å². The standard InChI is InChI=1S/C29H31FN2O6/c1-19(33)16-18-37-26-24(36-4)15-17-31-25(26)27(34)32-20(2)28(35)38-21(3)29(30,22-11-7-5-8-12-22)23-13-9-6-10-14-23/h5-15,17,20-21H,16,18H2,1-4H3,(H,32,34)/t20-,21-/m0/s1. The predicted molar refractivity (Wildman–Crippen MR) is 139 cm³/mol. The third-order valence-corrected chi connectivity index (χ3v) is 5.95. The number of amides is 1. The van der Waals surface area contributed by atoms with Gasteiger partial charge in [0.2, 0.25) is 0 Å². The SMILES string of the molecule is COc1ccnc(C(=O)N[C@@H](C)C(=O)O[C@@H](C)C(F)(c2ccccc2)c2ccccc2)c1OCCC(C)=O. The molecule has 0 bridgehead atoms. The molecule has 1 amide bonds. The maximum absolute atomic E-state index is 16.7. The van der Waals surface area contributed by atoms with Crippen molar-refractivity contribution in [2.24, 2.45) is 0 Å². The van der Waals surface area contributed by atoms with E-state index < -0.39 is 29.7 Å². The number of hydrogen-bond donors (Lipinski definition) is 1. The molecule has 0 fully saturated rings. The van der Waals surface area contributed by atoms with Crippen molar-refractivity contribution in [1.29, 1.82) is 0 Å². The quantitative estimate of drug-likeness (QED) is 0.352. The van der Waals surface area contributed by atoms with Crippen molar-refractivity contribution in [2.45, 2.75) is 45.0 Å². The van der Waals surface area contributed by atoms with E-state index in [4.69, 9.17) is 14.2 Å². The Morgan fingerprint density at radius 2 is 1.55 bits per heavy atom. The molecule has 3 rings (SSSR count). The lowest BCUT2D eigenvalue weighted by atomic mass is 9.84. The van der Waals surface area contributed by atoms with Gasteiger partial charge in [-0.3, -0.25) is 9.59 Å². The topological polar surface area (TPSA) is 104 Å². The molecular weight excluding hydrogens is 491 g/mol. The molecule has 0 aliphatic rings. The number of carbonyl (C=O) groups excluding carboxylic acids is 3. The van der Waals surface area contributed by atoms with Crippen LogP contribution in [0.5, 0.6) is 11.5 Å². The molecule has 0 unspecified atom stereocenters. The van der Waals surface area contributed by atoms with Gasteiger partial charge in [0.1, 0.15) is 17.9 Å². The Hall–Kier alpha value is -4.27. The number of carbonyl (C=O) groups is 3. The van der Waals surface area contributed by atoms with Crippen LogP contribution in [0.15, 0.2) is 72.9 Å². The number of aromatic nitrogens is 1. The predicted octanol–water partition coefficient (Wildman–Crippen LogP) is 4.41. The van der Waals surface area contributed by atoms with Gasteiger partial charge in [0.05, 0.1) is 13.7 Å². The summed E-state index contributed by atoms with van der Waals surface area (Å²) in [6, 6.07) is 17.3. The summed E-state index contributed by atoms with van der Waals surface area (Å²) in [5.41, 5.74) is -1.60. The van der Waals surface area contributed by atoms with Crippen LogP contribution < -0.4 is 14.8 Å². The van der Waals surface area contributed by atoms with E-state index in [0.29, 0.717) is 11.1 Å². The van der Waals surface area contributed by atoms with E-state index in [0.717, 1.165) is 0 Å². The fourth-order valence-electron chi connectivity index (χ4n) is 3.87. The number of hydrogen-bond acceptors (Lipinski definition) is 7. The molecule has 0 saturated carbocycles. The molecule has 0 spiro atoms. The average molecular weight is 523 g/mol. The Balaban J connectivity index is 1.77. The third kappa shape index (κ3) is 6.53. The van der Waals surface area contributed by atoms with Crippen LogP contribution in [-0.4, -0.2) is 48.5 Å². The molecule has 2 aromatic carbocycles. The van der Waals surface area contributed by atoms with Crippen molar-refractivity contribution in [3.05, 3.63) is 89.7 Å². The third-order valence-electron chi connectivity index (χ3n) is 5.95. The highest BCUT2D eigenvalue weighted by Gasteiger charge is 2.43. The van der Waals surface area contributed by atoms with Gasteiger partial charge in [-0.25, -0.2) is 14.2 Å². The van der Waals surface area contributed by atoms with E-state index in [1.807, 2.05) is 0 Å². The normalized spacial score (nSPS) is 12.7. The number of nitrogens with one attached hydrogen (secondary N) is 1. The summed E-state index contributed by atoms with van der Waals surface area (Å²) < 4.78 is 33.1. The summed E-state index contributed by atoms with van der Waals surface area (Å²) in [7, 11) is 1.40. The highest BCUT2D eigenvalue weighted by Crippen LogP contribution is 2.39. The Kier molecular flexibility index (Phi) is 9.54. The maximum Gasteiger partial charge on any atom is 0.328 e. The van der Waals surface area contributed by atoms with E-state index in [1.165, 1.54) is 40.1 Å². The van der Waals surface area contributed by atoms with E-state index in [-0.39, 0.29) is 36.0 Å². The summed E-state index contributed by atoms with van der Waals surface area (Å²) in [5, 5.41) is 2.52. The first-order valence-electron chi connectivity index (χ1n) is 12.1. The average Bonchev–Trinajstić information content (AvgIpc) is 2.93. The van der Waals surface area contributed by atoms with Crippen LogP contribution in [0.3, 0.4) is 0 Å². The minimum Gasteiger partial charge on any atom is -0.493 e. The maximum atomic E-state index is 16.7. The number of ether oxygens (including phenoxy) is 3. The molecule has 38 heavy (non-hydrogen) atoms. The number of pyridine rings is 1. The second-order valence-corrected chi connectivity index (χ2v) is 8.71. The molecule has 2 atom stereocenters. The Morgan fingerprint density at radius 1 is 0.974 bits per heavy atom. The number of benzene rings is 2. The lowest BCUT2D eigenvalue weighted by Crippen LogP contribution is -2.44. The summed E-state index contributed by atoms with van der Waals surface area (Å²) in [6.45, 7) is 4.34. The van der Waals surface area contributed by atoms with Gasteiger partial charge in [-0.15, -0.1) is 0 Å². The Labute approximate surface area is 221 Å². The number of methoxy groups -OCH3 is 1. The van der Waals surface area contributed by atoms with Crippen molar-refractivity contribution in [3.8, 4) is 11.5 Å². The number of Topliss-reactive ketones (excluding diaryl/α,β-unsaturated/α-hetero) is 1. The fraction of sp³-hybridized carbons (Fsp3) is 0.310. The summed E-state index contributed by atoms with van der Waals surface area (Å²) >= 11 is 0. The first-order chi connectivity index (χ1) is 18.2. The molecule has 9 heteroatoms. The first-order valence-corrected chi connectivity index (χ1v) is 12.1. The van der Waals surface area contributed by atoms with E-state index in [2.05, 4.69) is 10.3 Å². The van der Waals surface area contributed by atoms with Crippen LogP contribution in [0, 0.1) is 0 Å². The van der Waals surface area contributed by atoms with Crippen molar-refractivity contribution < 1.29 is 33.0 Å². The number of alkyl halides is 1. The highest BCUT2D eigenvalue weighted by molar-refractivity contribution is 5.98. The lowest BCUT2D eigenvalue weighted by Gasteiger charge is -2.32. The second kappa shape index (κ2) is 12.8. The first kappa shape index (κ1) is 28.3. The molecule has 3 aromatic rings. The second-order valence-electron chi connectivity index (χ2n) is 8.71. The van der Waals surface area contributed by atoms with Gasteiger partial charge in [-0.2, -0.15) is 0 Å². The summed E-state index contributed by atoms with van der Waals surface area (Å²) in [5.74, 6) is -1.36. The van der Waals surface area contributed by atoms with Crippen molar-refractivity contribution in [1.82, 2.24) is 10.3 Å². The van der Waals surface area contributed by atoms with E-state index >= 15 is 4.39 Å². The van der Waals surface area contributed by atoms with Gasteiger partial charge in [0.25, 0.3) is 5.91 Å². The minimum atomic E-state index is -2.13. The Bertz CT molecular complexity index is 1210. The molecule has 0 aliphatic carbocycles. The van der Waals surface area contributed by atoms with Crippen molar-refractivity contribution >= 4 is 17.7 Å². The van der Waals surface area contributed by atoms with E-state index in [9.17, 15) is 14.4 Å². The number of nitrogens with zero attached hydrogens (tertiary/aromatic N) is 1. The van der Waals surface area contributed by atoms with Crippen LogP contribution in [0.1, 0.15) is 48.8 Å². The van der Waals surface area contributed by atoms with Gasteiger partial charge in [-0.05, 0) is 31.9 Å². The molecule has 0 saturated heterocycles. The molecular formula is C29H31FN2O6. The summed E-state index contributed by atoms with van der Waals surface area (Å²) in [4.78, 5) is 41.3. The van der Waals surface area contributed by atoms with Gasteiger partial charge >= 0.3 is 5.97 Å². The summed E-state index contributed by atoms with van der Waals surface area (Å²) in [6.07, 6.45) is 0.265. The monoisotopic (exact) mass is 522 g/mol. The van der Waals surface area contributed by atoms with E-state index in [1.54, 1.807) is 60.7 Å². The molecule has 200 valence electrons. The van der Waals surface area contributed by atoms with Gasteiger partial charge in [-0.1, -0.05) is 60.7 Å². The number of esters is 1. The van der Waals surface area contributed by atoms with Crippen LogP contribution in [0.4, 0.5) is 4.39 Å². The highest BCUT2D eigenvalue weighted by atomic mass is 19.1. The molecule has 0 radical (unpaired) electrons. The van der Waals surface area contributed by atoms with Crippen molar-refractivity contribution in [3.63, 3.8) is 0 Å². The molecule has 8 nitrogen and oxygen atoms in total. The molecule has 1 aromatic heterocycles. The van der Waals surface area contributed by atoms with Gasteiger partial charge < -0.3 is 19.5 Å². The molecule has 0 aliphatic heterocycles. The molecule has 1 N–H and O–H groups in total. The van der Waals surface area contributed by atoms with Crippen LogP contribution in [-0.2, 0) is 20.0 Å². The number of rotatable bonds is 12. The minimum absolute atomic E-state index is 0.0182. The van der Waals surface area contributed by atoms with Gasteiger partial charge in [0.15, 0.2) is 22.9 Å². The number of ketones is 1. The van der Waals surface area contributed by atoms with Crippen LogP contribution in [0.2, 0.25) is 0 Å². The Morgan fingerprint density at radius 3 is 2.08 bits per heavy atom. The zero-order valence-electron chi connectivity index (χ0n) is 21.8. The zero-order chi connectivity index (χ0) is 27.7.